The average molecular weight is 295 g/mol. The molecule has 0 bridgehead atoms. The van der Waals surface area contributed by atoms with Crippen LogP contribution in [-0.2, 0) is 16.1 Å². The number of carbonyl (C=O) groups excluding carboxylic acids is 2. The Bertz CT molecular complexity index is 655. The lowest BCUT2D eigenvalue weighted by Crippen LogP contribution is -2.33. The molecule has 0 aromatic heterocycles. The van der Waals surface area contributed by atoms with Crippen LogP contribution in [0.2, 0.25) is 0 Å². The second kappa shape index (κ2) is 6.54. The maximum absolute atomic E-state index is 12.3. The first-order valence-corrected chi connectivity index (χ1v) is 7.29. The SMILES string of the molecule is O=C1CC(OCc2ccccc2)CN1C(=O)c1ccccc1. The number of hydrogen-bond acceptors (Lipinski definition) is 3. The molecule has 3 rings (SSSR count). The molecule has 4 heteroatoms. The molecule has 2 aromatic rings. The summed E-state index contributed by atoms with van der Waals surface area (Å²) in [5.41, 5.74) is 1.59. The third-order valence-electron chi connectivity index (χ3n) is 3.68. The summed E-state index contributed by atoms with van der Waals surface area (Å²) in [4.78, 5) is 25.6. The molecule has 0 spiro atoms. The molecule has 0 aliphatic carbocycles. The van der Waals surface area contributed by atoms with Crippen molar-refractivity contribution in [2.45, 2.75) is 19.1 Å². The van der Waals surface area contributed by atoms with Crippen molar-refractivity contribution in [1.29, 1.82) is 0 Å². The Morgan fingerprint density at radius 3 is 2.36 bits per heavy atom. The molecule has 1 aliphatic heterocycles. The maximum atomic E-state index is 12.3. The van der Waals surface area contributed by atoms with Crippen molar-refractivity contribution in [2.75, 3.05) is 6.54 Å². The van der Waals surface area contributed by atoms with Gasteiger partial charge in [0.1, 0.15) is 0 Å². The van der Waals surface area contributed by atoms with Gasteiger partial charge in [0.05, 0.1) is 25.7 Å². The van der Waals surface area contributed by atoms with Gasteiger partial charge in [0.25, 0.3) is 5.91 Å². The third kappa shape index (κ3) is 3.23. The smallest absolute Gasteiger partial charge is 0.260 e. The first-order valence-electron chi connectivity index (χ1n) is 7.29. The molecule has 1 saturated heterocycles. The summed E-state index contributed by atoms with van der Waals surface area (Å²) in [6, 6.07) is 18.6. The number of nitrogens with zero attached hydrogens (tertiary/aromatic N) is 1. The molecule has 0 radical (unpaired) electrons. The molecule has 112 valence electrons. The van der Waals surface area contributed by atoms with Crippen molar-refractivity contribution in [3.05, 3.63) is 71.8 Å². The zero-order chi connectivity index (χ0) is 15.4. The van der Waals surface area contributed by atoms with E-state index in [1.807, 2.05) is 36.4 Å². The van der Waals surface area contributed by atoms with E-state index in [1.165, 1.54) is 4.90 Å². The van der Waals surface area contributed by atoms with E-state index in [4.69, 9.17) is 4.74 Å². The molecule has 1 aliphatic rings. The highest BCUT2D eigenvalue weighted by molar-refractivity contribution is 6.05. The topological polar surface area (TPSA) is 46.6 Å². The number of benzene rings is 2. The van der Waals surface area contributed by atoms with Gasteiger partial charge in [0.15, 0.2) is 0 Å². The second-order valence-corrected chi connectivity index (χ2v) is 5.30. The van der Waals surface area contributed by atoms with Gasteiger partial charge in [-0.05, 0) is 17.7 Å². The highest BCUT2D eigenvalue weighted by atomic mass is 16.5. The van der Waals surface area contributed by atoms with Crippen molar-refractivity contribution < 1.29 is 14.3 Å². The Morgan fingerprint density at radius 1 is 1.05 bits per heavy atom. The van der Waals surface area contributed by atoms with Gasteiger partial charge in [0, 0.05) is 5.56 Å². The van der Waals surface area contributed by atoms with Gasteiger partial charge in [-0.25, -0.2) is 0 Å². The number of imide groups is 1. The van der Waals surface area contributed by atoms with Gasteiger partial charge in [-0.15, -0.1) is 0 Å². The number of ether oxygens (including phenoxy) is 1. The van der Waals surface area contributed by atoms with Crippen molar-refractivity contribution in [3.63, 3.8) is 0 Å². The first kappa shape index (κ1) is 14.5. The van der Waals surface area contributed by atoms with Crippen LogP contribution in [0.3, 0.4) is 0 Å². The zero-order valence-electron chi connectivity index (χ0n) is 12.1. The molecule has 2 amide bonds. The third-order valence-corrected chi connectivity index (χ3v) is 3.68. The maximum Gasteiger partial charge on any atom is 0.260 e. The highest BCUT2D eigenvalue weighted by Gasteiger charge is 2.34. The molecule has 0 N–H and O–H groups in total. The van der Waals surface area contributed by atoms with E-state index in [0.717, 1.165) is 5.56 Å². The lowest BCUT2D eigenvalue weighted by Gasteiger charge is -2.15. The monoisotopic (exact) mass is 295 g/mol. The zero-order valence-corrected chi connectivity index (χ0v) is 12.1. The van der Waals surface area contributed by atoms with Gasteiger partial charge < -0.3 is 4.74 Å². The summed E-state index contributed by atoms with van der Waals surface area (Å²) in [6.07, 6.45) is 0.0196. The quantitative estimate of drug-likeness (QED) is 0.815. The summed E-state index contributed by atoms with van der Waals surface area (Å²) in [6.45, 7) is 0.769. The first-order chi connectivity index (χ1) is 10.7. The van der Waals surface area contributed by atoms with E-state index >= 15 is 0 Å². The van der Waals surface area contributed by atoms with Crippen LogP contribution in [-0.4, -0.2) is 29.4 Å². The van der Waals surface area contributed by atoms with E-state index in [0.29, 0.717) is 18.7 Å². The fourth-order valence-electron chi connectivity index (χ4n) is 2.51. The minimum Gasteiger partial charge on any atom is -0.371 e. The predicted octanol–water partition coefficient (Wildman–Crippen LogP) is 2.64. The van der Waals surface area contributed by atoms with Gasteiger partial charge in [-0.2, -0.15) is 0 Å². The normalized spacial score (nSPS) is 17.7. The summed E-state index contributed by atoms with van der Waals surface area (Å²) in [5.74, 6) is -0.427. The average Bonchev–Trinajstić information content (AvgIpc) is 2.95. The van der Waals surface area contributed by atoms with Crippen LogP contribution in [0.4, 0.5) is 0 Å². The summed E-state index contributed by atoms with van der Waals surface area (Å²) in [5, 5.41) is 0. The minimum absolute atomic E-state index is 0.174. The molecule has 1 heterocycles. The molecule has 1 unspecified atom stereocenters. The molecule has 0 saturated carbocycles. The Kier molecular flexibility index (Phi) is 4.30. The van der Waals surface area contributed by atoms with Crippen LogP contribution in [0.25, 0.3) is 0 Å². The molecule has 22 heavy (non-hydrogen) atoms. The van der Waals surface area contributed by atoms with Crippen molar-refractivity contribution in [2.24, 2.45) is 0 Å². The number of hydrogen-bond donors (Lipinski definition) is 0. The van der Waals surface area contributed by atoms with E-state index in [2.05, 4.69) is 0 Å². The molecular weight excluding hydrogens is 278 g/mol. The summed E-state index contributed by atoms with van der Waals surface area (Å²) in [7, 11) is 0. The molecular formula is C18H17NO3. The van der Waals surface area contributed by atoms with Crippen LogP contribution in [0.5, 0.6) is 0 Å². The van der Waals surface area contributed by atoms with Crippen molar-refractivity contribution in [1.82, 2.24) is 4.90 Å². The van der Waals surface area contributed by atoms with Gasteiger partial charge in [0.2, 0.25) is 5.91 Å². The predicted molar refractivity (Wildman–Crippen MR) is 82.1 cm³/mol. The summed E-state index contributed by atoms with van der Waals surface area (Å²) >= 11 is 0. The fraction of sp³-hybridized carbons (Fsp3) is 0.222. The minimum atomic E-state index is -0.253. The Labute approximate surface area is 129 Å². The van der Waals surface area contributed by atoms with E-state index in [9.17, 15) is 9.59 Å². The van der Waals surface area contributed by atoms with Crippen LogP contribution in [0.15, 0.2) is 60.7 Å². The largest absolute Gasteiger partial charge is 0.371 e. The molecule has 1 fully saturated rings. The standard InChI is InChI=1S/C18H17NO3/c20-17-11-16(22-13-14-7-3-1-4-8-14)12-19(17)18(21)15-9-5-2-6-10-15/h1-10,16H,11-13H2. The summed E-state index contributed by atoms with van der Waals surface area (Å²) < 4.78 is 5.76. The molecule has 1 atom stereocenters. The molecule has 4 nitrogen and oxygen atoms in total. The van der Waals surface area contributed by atoms with Crippen molar-refractivity contribution >= 4 is 11.8 Å². The second-order valence-electron chi connectivity index (χ2n) is 5.30. The molecule has 2 aromatic carbocycles. The van der Waals surface area contributed by atoms with Gasteiger partial charge >= 0.3 is 0 Å². The Hall–Kier alpha value is -2.46. The van der Waals surface area contributed by atoms with Gasteiger partial charge in [-0.3, -0.25) is 14.5 Å². The van der Waals surface area contributed by atoms with Crippen LogP contribution >= 0.6 is 0 Å². The Balaban J connectivity index is 1.60. The highest BCUT2D eigenvalue weighted by Crippen LogP contribution is 2.18. The van der Waals surface area contributed by atoms with E-state index in [-0.39, 0.29) is 24.3 Å². The number of carbonyl (C=O) groups is 2. The fourth-order valence-corrected chi connectivity index (χ4v) is 2.51. The van der Waals surface area contributed by atoms with E-state index in [1.54, 1.807) is 24.3 Å². The van der Waals surface area contributed by atoms with Crippen LogP contribution < -0.4 is 0 Å². The number of likely N-dealkylation sites (tertiary alicyclic amines) is 1. The number of amides is 2. The lowest BCUT2D eigenvalue weighted by molar-refractivity contribution is -0.125. The van der Waals surface area contributed by atoms with E-state index < -0.39 is 0 Å². The van der Waals surface area contributed by atoms with Gasteiger partial charge in [-0.1, -0.05) is 48.5 Å². The lowest BCUT2D eigenvalue weighted by atomic mass is 10.2. The Morgan fingerprint density at radius 2 is 1.68 bits per heavy atom. The van der Waals surface area contributed by atoms with Crippen molar-refractivity contribution in [3.8, 4) is 0 Å². The number of rotatable bonds is 4. The van der Waals surface area contributed by atoms with Crippen LogP contribution in [0.1, 0.15) is 22.3 Å². The van der Waals surface area contributed by atoms with Crippen LogP contribution in [0, 0.1) is 0 Å².